The van der Waals surface area contributed by atoms with Gasteiger partial charge in [0.05, 0.1) is 16.7 Å². The summed E-state index contributed by atoms with van der Waals surface area (Å²) < 4.78 is 6.27. The molecule has 1 N–H and O–H groups in total. The standard InChI is InChI=1S/C20H23N3O2S2/c1-25-15-7-5-14(6-8-15)9-10-21-18(24)16-13-17-19(26-16)22-20(27-17)23-11-3-2-4-12-23/h5-8,13H,2-4,9-12H2,1H3,(H,21,24). The van der Waals surface area contributed by atoms with Gasteiger partial charge in [-0.25, -0.2) is 4.98 Å². The van der Waals surface area contributed by atoms with Gasteiger partial charge in [0.15, 0.2) is 5.13 Å². The summed E-state index contributed by atoms with van der Waals surface area (Å²) in [7, 11) is 1.66. The first-order valence-electron chi connectivity index (χ1n) is 9.29. The molecule has 0 unspecified atom stereocenters. The second-order valence-corrected chi connectivity index (χ2v) is 8.72. The molecule has 1 aliphatic rings. The average molecular weight is 402 g/mol. The van der Waals surface area contributed by atoms with Gasteiger partial charge < -0.3 is 15.0 Å². The number of piperidine rings is 1. The van der Waals surface area contributed by atoms with Crippen LogP contribution in [0.4, 0.5) is 5.13 Å². The number of carbonyl (C=O) groups is 1. The van der Waals surface area contributed by atoms with E-state index in [1.165, 1.54) is 36.2 Å². The van der Waals surface area contributed by atoms with Gasteiger partial charge in [0.25, 0.3) is 5.91 Å². The lowest BCUT2D eigenvalue weighted by Crippen LogP contribution is -2.29. The average Bonchev–Trinajstić information content (AvgIpc) is 3.28. The van der Waals surface area contributed by atoms with Gasteiger partial charge in [-0.15, -0.1) is 11.3 Å². The Kier molecular flexibility index (Phi) is 5.59. The quantitative estimate of drug-likeness (QED) is 0.668. The number of nitrogens with one attached hydrogen (secondary N) is 1. The molecule has 1 aliphatic heterocycles. The summed E-state index contributed by atoms with van der Waals surface area (Å²) in [5, 5.41) is 4.11. The van der Waals surface area contributed by atoms with E-state index in [9.17, 15) is 4.79 Å². The Hall–Kier alpha value is -2.12. The van der Waals surface area contributed by atoms with Gasteiger partial charge in [-0.05, 0) is 49.4 Å². The topological polar surface area (TPSA) is 54.5 Å². The second-order valence-electron chi connectivity index (χ2n) is 6.68. The van der Waals surface area contributed by atoms with E-state index < -0.39 is 0 Å². The third-order valence-electron chi connectivity index (χ3n) is 4.79. The van der Waals surface area contributed by atoms with Gasteiger partial charge in [-0.2, -0.15) is 0 Å². The monoisotopic (exact) mass is 401 g/mol. The minimum atomic E-state index is -0.0155. The summed E-state index contributed by atoms with van der Waals surface area (Å²) in [5.41, 5.74) is 1.18. The molecule has 4 rings (SSSR count). The van der Waals surface area contributed by atoms with E-state index in [0.29, 0.717) is 6.54 Å². The highest BCUT2D eigenvalue weighted by molar-refractivity contribution is 7.29. The minimum Gasteiger partial charge on any atom is -0.497 e. The van der Waals surface area contributed by atoms with Crippen LogP contribution < -0.4 is 15.0 Å². The van der Waals surface area contributed by atoms with Crippen LogP contribution in [0.5, 0.6) is 5.75 Å². The van der Waals surface area contributed by atoms with Crippen molar-refractivity contribution in [3.05, 3.63) is 40.8 Å². The van der Waals surface area contributed by atoms with E-state index in [2.05, 4.69) is 10.2 Å². The number of aromatic nitrogens is 1. The van der Waals surface area contributed by atoms with Crippen molar-refractivity contribution in [2.24, 2.45) is 0 Å². The maximum Gasteiger partial charge on any atom is 0.261 e. The molecule has 0 atom stereocenters. The molecule has 1 amide bonds. The van der Waals surface area contributed by atoms with Crippen LogP contribution in [0.3, 0.4) is 0 Å². The number of methoxy groups -OCH3 is 1. The van der Waals surface area contributed by atoms with Gasteiger partial charge in [0.2, 0.25) is 0 Å². The van der Waals surface area contributed by atoms with Crippen molar-refractivity contribution in [3.8, 4) is 5.75 Å². The normalized spacial score (nSPS) is 14.5. The maximum atomic E-state index is 12.4. The Morgan fingerprint density at radius 3 is 2.67 bits per heavy atom. The van der Waals surface area contributed by atoms with Crippen molar-refractivity contribution in [2.45, 2.75) is 25.7 Å². The Labute approximate surface area is 167 Å². The van der Waals surface area contributed by atoms with Crippen LogP contribution in [0, 0.1) is 0 Å². The maximum absolute atomic E-state index is 12.4. The molecule has 3 aromatic rings. The molecule has 27 heavy (non-hydrogen) atoms. The van der Waals surface area contributed by atoms with E-state index in [0.717, 1.165) is 44.8 Å². The molecular weight excluding hydrogens is 378 g/mol. The number of rotatable bonds is 6. The van der Waals surface area contributed by atoms with Gasteiger partial charge in [0, 0.05) is 19.6 Å². The van der Waals surface area contributed by atoms with E-state index in [-0.39, 0.29) is 5.91 Å². The Balaban J connectivity index is 1.34. The molecule has 5 nitrogen and oxygen atoms in total. The number of hydrogen-bond donors (Lipinski definition) is 1. The number of ether oxygens (including phenoxy) is 1. The number of anilines is 1. The number of thiophene rings is 1. The largest absolute Gasteiger partial charge is 0.497 e. The Morgan fingerprint density at radius 1 is 1.19 bits per heavy atom. The summed E-state index contributed by atoms with van der Waals surface area (Å²) in [6, 6.07) is 9.91. The van der Waals surface area contributed by atoms with Crippen molar-refractivity contribution in [1.82, 2.24) is 10.3 Å². The fourth-order valence-electron chi connectivity index (χ4n) is 3.26. The molecule has 142 valence electrons. The number of carbonyl (C=O) groups excluding carboxylic acids is 1. The Morgan fingerprint density at radius 2 is 1.96 bits per heavy atom. The highest BCUT2D eigenvalue weighted by Gasteiger charge is 2.18. The number of thiazole rings is 1. The van der Waals surface area contributed by atoms with Crippen LogP contribution in [0.2, 0.25) is 0 Å². The molecule has 0 bridgehead atoms. The first-order valence-corrected chi connectivity index (χ1v) is 10.9. The van der Waals surface area contributed by atoms with E-state index in [1.54, 1.807) is 18.4 Å². The third kappa shape index (κ3) is 4.25. The molecule has 1 saturated heterocycles. The van der Waals surface area contributed by atoms with Crippen LogP contribution in [0.25, 0.3) is 9.53 Å². The predicted molar refractivity (Wildman–Crippen MR) is 113 cm³/mol. The zero-order valence-electron chi connectivity index (χ0n) is 15.4. The highest BCUT2D eigenvalue weighted by atomic mass is 32.1. The molecule has 0 saturated carbocycles. The Bertz CT molecular complexity index is 880. The molecule has 7 heteroatoms. The molecule has 2 aromatic heterocycles. The molecular formula is C20H23N3O2S2. The predicted octanol–water partition coefficient (Wildman–Crippen LogP) is 4.33. The van der Waals surface area contributed by atoms with Crippen LogP contribution in [-0.2, 0) is 6.42 Å². The van der Waals surface area contributed by atoms with Crippen molar-refractivity contribution in [3.63, 3.8) is 0 Å². The third-order valence-corrected chi connectivity index (χ3v) is 7.01. The number of hydrogen-bond acceptors (Lipinski definition) is 6. The summed E-state index contributed by atoms with van der Waals surface area (Å²) in [4.78, 5) is 21.3. The molecule has 0 aliphatic carbocycles. The van der Waals surface area contributed by atoms with Crippen molar-refractivity contribution in [2.75, 3.05) is 31.6 Å². The summed E-state index contributed by atoms with van der Waals surface area (Å²) in [5.74, 6) is 0.830. The second kappa shape index (κ2) is 8.27. The first kappa shape index (κ1) is 18.3. The van der Waals surface area contributed by atoms with Gasteiger partial charge >= 0.3 is 0 Å². The van der Waals surface area contributed by atoms with Crippen LogP contribution in [-0.4, -0.2) is 37.6 Å². The minimum absolute atomic E-state index is 0.0155. The molecule has 1 aromatic carbocycles. The van der Waals surface area contributed by atoms with E-state index >= 15 is 0 Å². The number of benzene rings is 1. The summed E-state index contributed by atoms with van der Waals surface area (Å²) in [6.45, 7) is 2.81. The van der Waals surface area contributed by atoms with Crippen molar-refractivity contribution >= 4 is 43.2 Å². The summed E-state index contributed by atoms with van der Waals surface area (Å²) >= 11 is 3.19. The lowest BCUT2D eigenvalue weighted by Gasteiger charge is -2.25. The molecule has 3 heterocycles. The molecule has 0 spiro atoms. The fourth-order valence-corrected chi connectivity index (χ4v) is 5.43. The van der Waals surface area contributed by atoms with E-state index in [1.807, 2.05) is 30.3 Å². The lowest BCUT2D eigenvalue weighted by molar-refractivity contribution is 0.0958. The van der Waals surface area contributed by atoms with Gasteiger partial charge in [-0.1, -0.05) is 23.5 Å². The number of amides is 1. The van der Waals surface area contributed by atoms with Gasteiger partial charge in [-0.3, -0.25) is 4.79 Å². The number of nitrogens with zero attached hydrogens (tertiary/aromatic N) is 2. The lowest BCUT2D eigenvalue weighted by atomic mass is 10.1. The highest BCUT2D eigenvalue weighted by Crippen LogP contribution is 2.35. The smallest absolute Gasteiger partial charge is 0.261 e. The SMILES string of the molecule is COc1ccc(CCNC(=O)c2cc3sc(N4CCCCC4)nc3s2)cc1. The zero-order chi connectivity index (χ0) is 18.6. The van der Waals surface area contributed by atoms with Crippen molar-refractivity contribution in [1.29, 1.82) is 0 Å². The number of fused-ring (bicyclic) bond motifs is 1. The molecule has 1 fully saturated rings. The molecule has 0 radical (unpaired) electrons. The van der Waals surface area contributed by atoms with Crippen LogP contribution in [0.15, 0.2) is 30.3 Å². The van der Waals surface area contributed by atoms with Crippen LogP contribution >= 0.6 is 22.7 Å². The van der Waals surface area contributed by atoms with Gasteiger partial charge in [0.1, 0.15) is 10.6 Å². The fraction of sp³-hybridized carbons (Fsp3) is 0.400. The van der Waals surface area contributed by atoms with E-state index in [4.69, 9.17) is 9.72 Å². The zero-order valence-corrected chi connectivity index (χ0v) is 17.0. The van der Waals surface area contributed by atoms with Crippen molar-refractivity contribution < 1.29 is 9.53 Å². The van der Waals surface area contributed by atoms with Crippen LogP contribution in [0.1, 0.15) is 34.5 Å². The summed E-state index contributed by atoms with van der Waals surface area (Å²) in [6.07, 6.45) is 4.61. The first-order chi connectivity index (χ1) is 13.2.